The highest BCUT2D eigenvalue weighted by atomic mass is 15.2. The van der Waals surface area contributed by atoms with Gasteiger partial charge in [0.1, 0.15) is 5.82 Å². The molecular weight excluding hydrogens is 334 g/mol. The van der Waals surface area contributed by atoms with Crippen molar-refractivity contribution in [3.05, 3.63) is 12.3 Å². The van der Waals surface area contributed by atoms with E-state index in [9.17, 15) is 0 Å². The van der Waals surface area contributed by atoms with E-state index in [1.807, 2.05) is 6.20 Å². The summed E-state index contributed by atoms with van der Waals surface area (Å²) in [5.41, 5.74) is 0. The van der Waals surface area contributed by atoms with Crippen LogP contribution in [0.15, 0.2) is 12.3 Å². The zero-order valence-electron chi connectivity index (χ0n) is 16.9. The molecule has 27 heavy (non-hydrogen) atoms. The maximum absolute atomic E-state index is 4.87. The lowest BCUT2D eigenvalue weighted by atomic mass is 10.00. The zero-order chi connectivity index (χ0) is 18.3. The van der Waals surface area contributed by atoms with E-state index in [2.05, 4.69) is 26.2 Å². The van der Waals surface area contributed by atoms with Crippen LogP contribution in [0.3, 0.4) is 0 Å². The van der Waals surface area contributed by atoms with E-state index < -0.39 is 0 Å². The first-order chi connectivity index (χ1) is 13.4. The first kappa shape index (κ1) is 19.0. The molecule has 0 bridgehead atoms. The molecule has 4 rings (SSSR count). The molecule has 1 unspecified atom stereocenters. The van der Waals surface area contributed by atoms with E-state index in [1.165, 1.54) is 83.6 Å². The van der Waals surface area contributed by atoms with Gasteiger partial charge >= 0.3 is 0 Å². The molecule has 0 aromatic carbocycles. The SMILES string of the molecule is c1cc(N2CCCCCC2)nc(NC2CCCN(C3CCCCCC3)C2)n1. The summed E-state index contributed by atoms with van der Waals surface area (Å²) in [6.45, 7) is 4.70. The van der Waals surface area contributed by atoms with Gasteiger partial charge in [0.2, 0.25) is 5.95 Å². The molecule has 1 atom stereocenters. The lowest BCUT2D eigenvalue weighted by Gasteiger charge is -2.38. The fourth-order valence-corrected chi connectivity index (χ4v) is 5.16. The summed E-state index contributed by atoms with van der Waals surface area (Å²) < 4.78 is 0. The number of hydrogen-bond acceptors (Lipinski definition) is 5. The molecule has 1 aromatic rings. The van der Waals surface area contributed by atoms with Crippen LogP contribution in [-0.4, -0.2) is 53.1 Å². The molecule has 5 nitrogen and oxygen atoms in total. The molecule has 3 heterocycles. The van der Waals surface area contributed by atoms with Crippen LogP contribution in [0.1, 0.15) is 77.0 Å². The number of piperidine rings is 1. The third-order valence-corrected chi connectivity index (χ3v) is 6.70. The summed E-state index contributed by atoms with van der Waals surface area (Å²) in [6.07, 6.45) is 18.2. The van der Waals surface area contributed by atoms with Crippen molar-refractivity contribution in [3.63, 3.8) is 0 Å². The van der Waals surface area contributed by atoms with Crippen LogP contribution in [0, 0.1) is 0 Å². The molecule has 0 amide bonds. The Morgan fingerprint density at radius 3 is 2.33 bits per heavy atom. The maximum atomic E-state index is 4.87. The van der Waals surface area contributed by atoms with Crippen LogP contribution in [0.5, 0.6) is 0 Å². The zero-order valence-corrected chi connectivity index (χ0v) is 16.9. The van der Waals surface area contributed by atoms with Crippen molar-refractivity contribution in [1.82, 2.24) is 14.9 Å². The molecule has 1 aromatic heterocycles. The Balaban J connectivity index is 1.36. The monoisotopic (exact) mass is 371 g/mol. The van der Waals surface area contributed by atoms with Gasteiger partial charge in [-0.2, -0.15) is 4.98 Å². The number of nitrogens with zero attached hydrogens (tertiary/aromatic N) is 4. The number of likely N-dealkylation sites (tertiary alicyclic amines) is 1. The van der Waals surface area contributed by atoms with Crippen molar-refractivity contribution >= 4 is 11.8 Å². The molecule has 0 spiro atoms. The fraction of sp³-hybridized carbons (Fsp3) is 0.818. The van der Waals surface area contributed by atoms with E-state index in [4.69, 9.17) is 4.98 Å². The van der Waals surface area contributed by atoms with Crippen LogP contribution < -0.4 is 10.2 Å². The van der Waals surface area contributed by atoms with Crippen LogP contribution in [0.25, 0.3) is 0 Å². The van der Waals surface area contributed by atoms with Gasteiger partial charge < -0.3 is 10.2 Å². The first-order valence-electron chi connectivity index (χ1n) is 11.5. The predicted octanol–water partition coefficient (Wildman–Crippen LogP) is 4.46. The number of hydrogen-bond donors (Lipinski definition) is 1. The second kappa shape index (κ2) is 9.72. The van der Waals surface area contributed by atoms with Gasteiger partial charge in [-0.3, -0.25) is 4.90 Å². The second-order valence-electron chi connectivity index (χ2n) is 8.76. The quantitative estimate of drug-likeness (QED) is 0.792. The van der Waals surface area contributed by atoms with Gasteiger partial charge in [0.15, 0.2) is 0 Å². The summed E-state index contributed by atoms with van der Waals surface area (Å²) in [5.74, 6) is 1.93. The minimum absolute atomic E-state index is 0.487. The molecule has 1 saturated carbocycles. The van der Waals surface area contributed by atoms with Crippen molar-refractivity contribution in [1.29, 1.82) is 0 Å². The predicted molar refractivity (Wildman–Crippen MR) is 112 cm³/mol. The Hall–Kier alpha value is -1.36. The van der Waals surface area contributed by atoms with E-state index in [-0.39, 0.29) is 0 Å². The highest BCUT2D eigenvalue weighted by Crippen LogP contribution is 2.26. The van der Waals surface area contributed by atoms with E-state index >= 15 is 0 Å². The number of aromatic nitrogens is 2. The van der Waals surface area contributed by atoms with Crippen molar-refractivity contribution in [2.75, 3.05) is 36.4 Å². The molecule has 2 aliphatic heterocycles. The second-order valence-corrected chi connectivity index (χ2v) is 8.76. The summed E-state index contributed by atoms with van der Waals surface area (Å²) in [4.78, 5) is 14.6. The normalized spacial score (nSPS) is 26.4. The molecule has 1 aliphatic carbocycles. The minimum Gasteiger partial charge on any atom is -0.356 e. The van der Waals surface area contributed by atoms with Crippen LogP contribution in [-0.2, 0) is 0 Å². The van der Waals surface area contributed by atoms with Crippen LogP contribution in [0.2, 0.25) is 0 Å². The highest BCUT2D eigenvalue weighted by molar-refractivity contribution is 5.43. The van der Waals surface area contributed by atoms with Gasteiger partial charge in [0.25, 0.3) is 0 Å². The van der Waals surface area contributed by atoms with Gasteiger partial charge in [-0.25, -0.2) is 4.98 Å². The van der Waals surface area contributed by atoms with Crippen molar-refractivity contribution in [2.45, 2.75) is 89.1 Å². The first-order valence-corrected chi connectivity index (χ1v) is 11.5. The Morgan fingerprint density at radius 1 is 0.815 bits per heavy atom. The van der Waals surface area contributed by atoms with Crippen LogP contribution >= 0.6 is 0 Å². The molecule has 1 N–H and O–H groups in total. The highest BCUT2D eigenvalue weighted by Gasteiger charge is 2.26. The van der Waals surface area contributed by atoms with Gasteiger partial charge in [-0.1, -0.05) is 38.5 Å². The number of rotatable bonds is 4. The third-order valence-electron chi connectivity index (χ3n) is 6.70. The topological polar surface area (TPSA) is 44.3 Å². The molecule has 150 valence electrons. The summed E-state index contributed by atoms with van der Waals surface area (Å²) in [7, 11) is 0. The number of nitrogens with one attached hydrogen (secondary N) is 1. The Kier molecular flexibility index (Phi) is 6.83. The number of anilines is 2. The Labute approximate surface area is 164 Å². The lowest BCUT2D eigenvalue weighted by molar-refractivity contribution is 0.141. The fourth-order valence-electron chi connectivity index (χ4n) is 5.16. The van der Waals surface area contributed by atoms with Gasteiger partial charge in [-0.15, -0.1) is 0 Å². The Morgan fingerprint density at radius 2 is 1.56 bits per heavy atom. The average molecular weight is 372 g/mol. The van der Waals surface area contributed by atoms with Crippen molar-refractivity contribution < 1.29 is 0 Å². The van der Waals surface area contributed by atoms with Gasteiger partial charge in [0.05, 0.1) is 0 Å². The summed E-state index contributed by atoms with van der Waals surface area (Å²) in [5, 5.41) is 3.67. The molecule has 3 fully saturated rings. The molecule has 2 saturated heterocycles. The third kappa shape index (κ3) is 5.34. The van der Waals surface area contributed by atoms with E-state index in [0.717, 1.165) is 37.4 Å². The summed E-state index contributed by atoms with van der Waals surface area (Å²) >= 11 is 0. The largest absolute Gasteiger partial charge is 0.356 e. The van der Waals surface area contributed by atoms with Gasteiger partial charge in [-0.05, 0) is 51.1 Å². The average Bonchev–Trinajstić information content (AvgIpc) is 3.14. The van der Waals surface area contributed by atoms with E-state index in [1.54, 1.807) is 0 Å². The van der Waals surface area contributed by atoms with Crippen molar-refractivity contribution in [3.8, 4) is 0 Å². The van der Waals surface area contributed by atoms with Gasteiger partial charge in [0, 0.05) is 37.9 Å². The van der Waals surface area contributed by atoms with E-state index in [0.29, 0.717) is 6.04 Å². The maximum Gasteiger partial charge on any atom is 0.224 e. The standard InChI is InChI=1S/C22H37N5/c1-2-6-12-20(11-5-1)27-17-9-10-19(18-27)24-22-23-14-13-21(25-22)26-15-7-3-4-8-16-26/h13-14,19-20H,1-12,15-18H2,(H,23,24,25). The van der Waals surface area contributed by atoms with Crippen LogP contribution in [0.4, 0.5) is 11.8 Å². The molecule has 3 aliphatic rings. The summed E-state index contributed by atoms with van der Waals surface area (Å²) in [6, 6.07) is 3.37. The molecule has 5 heteroatoms. The van der Waals surface area contributed by atoms with Crippen molar-refractivity contribution in [2.24, 2.45) is 0 Å². The smallest absolute Gasteiger partial charge is 0.224 e. The minimum atomic E-state index is 0.487. The molecule has 0 radical (unpaired) electrons. The Bertz CT molecular complexity index is 562. The lowest BCUT2D eigenvalue weighted by Crippen LogP contribution is -2.47. The molecular formula is C22H37N5.